The molecular formula is C75H60F18N6O13. The smallest absolute Gasteiger partial charge is 0.411 e. The van der Waals surface area contributed by atoms with E-state index in [1.54, 1.807) is 24.3 Å². The SMILES string of the molecule is CC(=O)Nc1cc(C(c2ccc(O)c(NC(=O)c3ccc(Oc4ccc(C(C)=O)cc4)cc3)c2)(C(F)(F)F)C(F)(F)F)ccc1O.CNc1cc(C(c2ccc(O)c(NC(=O)c3cccc(C(C)=O)c3)c2)(C(F)(F)F)C(F)(F)F)ccc1O.CNc1cc(C(c2ccc(O)c(NC(C)=O)c2)(C(F)(F)F)C(F)(F)F)ccc1O. The van der Waals surface area contributed by atoms with E-state index >= 15 is 0 Å². The summed E-state index contributed by atoms with van der Waals surface area (Å²) in [4.78, 5) is 71.3. The van der Waals surface area contributed by atoms with E-state index in [4.69, 9.17) is 4.74 Å². The van der Waals surface area contributed by atoms with Crippen molar-refractivity contribution in [3.63, 3.8) is 0 Å². The molecule has 9 aromatic rings. The maximum Gasteiger partial charge on any atom is 0.411 e. The number of carbonyl (C=O) groups is 6. The number of nitrogens with one attached hydrogen (secondary N) is 6. The first kappa shape index (κ1) is 86.4. The number of carbonyl (C=O) groups excluding carboxylic acids is 6. The number of Topliss-reactive ketones (excluding diaryl/α,β-unsaturated/α-hetero) is 2. The fourth-order valence-electron chi connectivity index (χ4n) is 11.6. The minimum atomic E-state index is -6.05. The Labute approximate surface area is 621 Å². The van der Waals surface area contributed by atoms with Gasteiger partial charge in [-0.15, -0.1) is 0 Å². The number of aromatic hydroxyl groups is 6. The normalized spacial score (nSPS) is 12.2. The molecule has 9 rings (SSSR count). The molecule has 19 nitrogen and oxygen atoms in total. The molecule has 0 radical (unpaired) electrons. The first-order valence-corrected chi connectivity index (χ1v) is 31.8. The van der Waals surface area contributed by atoms with Gasteiger partial charge in [-0.2, -0.15) is 79.0 Å². The number of rotatable bonds is 18. The molecule has 0 aliphatic carbocycles. The van der Waals surface area contributed by atoms with Crippen LogP contribution in [-0.2, 0) is 25.8 Å². The van der Waals surface area contributed by atoms with E-state index in [1.165, 1.54) is 76.5 Å². The number of hydrogen-bond acceptors (Lipinski definition) is 15. The number of anilines is 6. The Morgan fingerprint density at radius 2 is 0.509 bits per heavy atom. The van der Waals surface area contributed by atoms with Crippen molar-refractivity contribution in [1.82, 2.24) is 0 Å². The number of alkyl halides is 18. The Kier molecular flexibility index (Phi) is 25.3. The fraction of sp³-hybridized carbons (Fsp3) is 0.200. The highest BCUT2D eigenvalue weighted by molar-refractivity contribution is 6.07. The Bertz CT molecular complexity index is 4980. The van der Waals surface area contributed by atoms with Crippen molar-refractivity contribution in [3.8, 4) is 46.0 Å². The van der Waals surface area contributed by atoms with E-state index < -0.39 is 168 Å². The topological polar surface area (TPSA) is 305 Å². The van der Waals surface area contributed by atoms with E-state index in [0.717, 1.165) is 13.8 Å². The molecule has 112 heavy (non-hydrogen) atoms. The molecule has 0 fully saturated rings. The maximum absolute atomic E-state index is 14.7. The van der Waals surface area contributed by atoms with Gasteiger partial charge in [0.15, 0.2) is 11.6 Å². The van der Waals surface area contributed by atoms with Gasteiger partial charge in [0, 0.05) is 50.2 Å². The maximum atomic E-state index is 14.7. The summed E-state index contributed by atoms with van der Waals surface area (Å²) in [5, 5.41) is 72.5. The van der Waals surface area contributed by atoms with Crippen LogP contribution < -0.4 is 36.6 Å². The monoisotopic (exact) mass is 1590 g/mol. The molecule has 0 saturated carbocycles. The molecule has 37 heteroatoms. The standard InChI is InChI=1S/C32H24F6N2O6.C25H20F6N2O4.C18H16F6N2O3/c1-17(41)19-3-9-23(10-4-19)46-24-11-5-20(6-12-24)29(45)40-26-16-22(8-14-28(26)44)30(31(33,34)35,32(36,37)38)21-7-13-27(43)25(15-21)39-18(2)42;1-13(34)14-4-3-5-15(10-14)22(37)33-19-12-17(7-9-21(19)36)23(24(26,27)28,25(29,30)31)16-6-8-20(35)18(11-16)32-2;1-9(27)26-13-8-11(4-6-15(13)29)16(17(19,20)21,18(22,23)24)10-3-5-14(28)12(7-10)25-2/h3-16,43-44H,1-2H3,(H,39,42)(H,40,45);3-12,32,35-36H,1-2H3,(H,33,37);3-8,25,28-29H,1-2H3,(H,26,27). The van der Waals surface area contributed by atoms with E-state index in [0.29, 0.717) is 121 Å². The summed E-state index contributed by atoms with van der Waals surface area (Å²) in [6, 6.07) is 25.8. The first-order chi connectivity index (χ1) is 51.8. The second-order valence-corrected chi connectivity index (χ2v) is 24.2. The zero-order valence-corrected chi connectivity index (χ0v) is 58.2. The number of phenols is 6. The van der Waals surface area contributed by atoms with Crippen molar-refractivity contribution in [2.45, 2.75) is 81.0 Å². The lowest BCUT2D eigenvalue weighted by Crippen LogP contribution is -2.54. The number of phenolic OH excluding ortho intramolecular Hbond substituents is 6. The number of amides is 4. The van der Waals surface area contributed by atoms with Gasteiger partial charge in [0.25, 0.3) is 11.8 Å². The van der Waals surface area contributed by atoms with Crippen LogP contribution in [0.25, 0.3) is 0 Å². The van der Waals surface area contributed by atoms with Crippen molar-refractivity contribution in [2.24, 2.45) is 0 Å². The molecule has 0 spiro atoms. The van der Waals surface area contributed by atoms with Gasteiger partial charge < -0.3 is 67.3 Å². The molecule has 4 amide bonds. The van der Waals surface area contributed by atoms with Crippen LogP contribution >= 0.6 is 0 Å². The zero-order chi connectivity index (χ0) is 84.0. The van der Waals surface area contributed by atoms with Gasteiger partial charge >= 0.3 is 37.1 Å². The van der Waals surface area contributed by atoms with E-state index in [2.05, 4.69) is 21.3 Å². The molecule has 0 aliphatic heterocycles. The van der Waals surface area contributed by atoms with Crippen molar-refractivity contribution < 1.29 is 143 Å². The van der Waals surface area contributed by atoms with Crippen molar-refractivity contribution in [2.75, 3.05) is 46.0 Å². The van der Waals surface area contributed by atoms with E-state index in [9.17, 15) is 138 Å². The Hall–Kier alpha value is -12.9. The predicted octanol–water partition coefficient (Wildman–Crippen LogP) is 18.2. The van der Waals surface area contributed by atoms with Crippen LogP contribution in [0.4, 0.5) is 113 Å². The predicted molar refractivity (Wildman–Crippen MR) is 370 cm³/mol. The van der Waals surface area contributed by atoms with Gasteiger partial charge in [-0.05, 0) is 181 Å². The molecule has 594 valence electrons. The number of ether oxygens (including phenoxy) is 1. The lowest BCUT2D eigenvalue weighted by molar-refractivity contribution is -0.290. The Morgan fingerprint density at radius 1 is 0.277 bits per heavy atom. The number of hydrogen-bond donors (Lipinski definition) is 12. The lowest BCUT2D eigenvalue weighted by Gasteiger charge is -2.38. The third kappa shape index (κ3) is 17.7. The summed E-state index contributed by atoms with van der Waals surface area (Å²) in [7, 11) is 2.42. The van der Waals surface area contributed by atoms with Gasteiger partial charge in [0.05, 0.1) is 34.1 Å². The summed E-state index contributed by atoms with van der Waals surface area (Å²) >= 11 is 0. The van der Waals surface area contributed by atoms with Gasteiger partial charge in [-0.1, -0.05) is 48.5 Å². The van der Waals surface area contributed by atoms with Crippen molar-refractivity contribution >= 4 is 69.3 Å². The summed E-state index contributed by atoms with van der Waals surface area (Å²) in [6.45, 7) is 4.56. The lowest BCUT2D eigenvalue weighted by atomic mass is 9.72. The van der Waals surface area contributed by atoms with Crippen LogP contribution in [0.2, 0.25) is 0 Å². The molecule has 0 aromatic heterocycles. The van der Waals surface area contributed by atoms with E-state index in [1.807, 2.05) is 10.6 Å². The van der Waals surface area contributed by atoms with Crippen LogP contribution in [-0.4, -0.2) is 117 Å². The average molecular weight is 1600 g/mol. The van der Waals surface area contributed by atoms with Crippen molar-refractivity contribution in [3.05, 3.63) is 238 Å². The van der Waals surface area contributed by atoms with Gasteiger partial charge in [0.1, 0.15) is 46.0 Å². The molecule has 0 saturated heterocycles. The Balaban J connectivity index is 0.000000240. The van der Waals surface area contributed by atoms with Crippen LogP contribution in [0.3, 0.4) is 0 Å². The highest BCUT2D eigenvalue weighted by Crippen LogP contribution is 2.61. The second kappa shape index (κ2) is 32.8. The average Bonchev–Trinajstić information content (AvgIpc) is 0.725. The minimum Gasteiger partial charge on any atom is -0.506 e. The zero-order valence-electron chi connectivity index (χ0n) is 58.2. The van der Waals surface area contributed by atoms with Crippen molar-refractivity contribution in [1.29, 1.82) is 0 Å². The first-order valence-electron chi connectivity index (χ1n) is 31.8. The molecule has 9 aromatic carbocycles. The van der Waals surface area contributed by atoms with Gasteiger partial charge in [0.2, 0.25) is 28.1 Å². The molecule has 0 unspecified atom stereocenters. The summed E-state index contributed by atoms with van der Waals surface area (Å²) in [5.74, 6) is -7.73. The highest BCUT2D eigenvalue weighted by Gasteiger charge is 2.75. The summed E-state index contributed by atoms with van der Waals surface area (Å²) in [6.07, 6.45) is -35.7. The number of halogens is 18. The van der Waals surface area contributed by atoms with Gasteiger partial charge in [-0.3, -0.25) is 28.8 Å². The number of benzene rings is 9. The summed E-state index contributed by atoms with van der Waals surface area (Å²) in [5.41, 5.74) is -24.8. The fourth-order valence-corrected chi connectivity index (χ4v) is 11.6. The number of ketones is 2. The summed E-state index contributed by atoms with van der Waals surface area (Å²) < 4.78 is 265. The Morgan fingerprint density at radius 3 is 0.759 bits per heavy atom. The molecular weight excluding hydrogens is 1530 g/mol. The van der Waals surface area contributed by atoms with E-state index in [-0.39, 0.29) is 45.4 Å². The molecule has 0 aliphatic rings. The van der Waals surface area contributed by atoms with Crippen LogP contribution in [0.15, 0.2) is 182 Å². The molecule has 0 heterocycles. The minimum absolute atomic E-state index is 0.0829. The van der Waals surface area contributed by atoms with Crippen LogP contribution in [0.5, 0.6) is 46.0 Å². The second-order valence-electron chi connectivity index (χ2n) is 24.2. The third-order valence-electron chi connectivity index (χ3n) is 16.9. The molecule has 0 atom stereocenters. The van der Waals surface area contributed by atoms with Crippen LogP contribution in [0, 0.1) is 0 Å². The largest absolute Gasteiger partial charge is 0.506 e. The quantitative estimate of drug-likeness (QED) is 0.0216. The van der Waals surface area contributed by atoms with Crippen LogP contribution in [0.1, 0.15) is 103 Å². The third-order valence-corrected chi connectivity index (χ3v) is 16.9. The highest BCUT2D eigenvalue weighted by atomic mass is 19.4. The molecule has 12 N–H and O–H groups in total. The molecule has 0 bridgehead atoms. The van der Waals surface area contributed by atoms with Gasteiger partial charge in [-0.25, -0.2) is 0 Å².